The summed E-state index contributed by atoms with van der Waals surface area (Å²) in [6, 6.07) is 10.5. The molecule has 32 heavy (non-hydrogen) atoms. The number of anilines is 1. The fourth-order valence-corrected chi connectivity index (χ4v) is 2.97. The van der Waals surface area contributed by atoms with Crippen molar-refractivity contribution < 1.29 is 26.8 Å². The molecule has 0 spiro atoms. The zero-order chi connectivity index (χ0) is 23.0. The highest BCUT2D eigenvalue weighted by molar-refractivity contribution is 6.04. The molecular weight excluding hydrogens is 430 g/mol. The van der Waals surface area contributed by atoms with Crippen LogP contribution in [-0.2, 0) is 6.18 Å². The molecule has 1 N–H and O–H groups in total. The smallest absolute Gasteiger partial charge is 0.435 e. The number of aromatic nitrogens is 4. The molecule has 0 aliphatic rings. The number of aryl methyl sites for hydroxylation is 2. The van der Waals surface area contributed by atoms with E-state index in [1.54, 1.807) is 26.0 Å². The summed E-state index contributed by atoms with van der Waals surface area (Å²) in [6.45, 7) is 3.53. The number of halogens is 4. The lowest BCUT2D eigenvalue weighted by Gasteiger charge is -2.11. The summed E-state index contributed by atoms with van der Waals surface area (Å²) in [5.41, 5.74) is -0.953. The van der Waals surface area contributed by atoms with Crippen molar-refractivity contribution in [3.05, 3.63) is 77.2 Å². The van der Waals surface area contributed by atoms with Crippen LogP contribution in [0.15, 0.2) is 52.9 Å². The Labute approximate surface area is 178 Å². The first kappa shape index (κ1) is 21.2. The molecule has 2 aromatic heterocycles. The summed E-state index contributed by atoms with van der Waals surface area (Å²) in [7, 11) is 0. The van der Waals surface area contributed by atoms with Gasteiger partial charge < -0.3 is 9.73 Å². The highest BCUT2D eigenvalue weighted by Gasteiger charge is 2.42. The lowest BCUT2D eigenvalue weighted by molar-refractivity contribution is -0.143. The zero-order valence-electron chi connectivity index (χ0n) is 16.7. The van der Waals surface area contributed by atoms with Gasteiger partial charge >= 0.3 is 6.18 Å². The Bertz CT molecular complexity index is 1270. The Morgan fingerprint density at radius 3 is 2.44 bits per heavy atom. The minimum absolute atomic E-state index is 0.0955. The molecule has 0 aliphatic carbocycles. The number of amides is 1. The Kier molecular flexibility index (Phi) is 5.25. The van der Waals surface area contributed by atoms with Gasteiger partial charge in [0.2, 0.25) is 5.89 Å². The third-order valence-corrected chi connectivity index (χ3v) is 4.62. The van der Waals surface area contributed by atoms with Gasteiger partial charge in [-0.2, -0.15) is 13.2 Å². The van der Waals surface area contributed by atoms with Gasteiger partial charge in [-0.25, -0.2) is 14.1 Å². The molecule has 0 radical (unpaired) electrons. The van der Waals surface area contributed by atoms with Gasteiger partial charge in [0, 0.05) is 11.3 Å². The molecule has 0 unspecified atom stereocenters. The second-order valence-corrected chi connectivity index (χ2v) is 6.87. The Morgan fingerprint density at radius 1 is 1.09 bits per heavy atom. The maximum atomic E-state index is 13.8. The Hall–Kier alpha value is -4.02. The molecule has 4 rings (SSSR count). The topological polar surface area (TPSA) is 85.8 Å². The van der Waals surface area contributed by atoms with Crippen LogP contribution < -0.4 is 5.32 Å². The van der Waals surface area contributed by atoms with Gasteiger partial charge in [0.05, 0.1) is 11.4 Å². The van der Waals surface area contributed by atoms with Crippen molar-refractivity contribution >= 4 is 11.6 Å². The first-order valence-corrected chi connectivity index (χ1v) is 9.28. The van der Waals surface area contributed by atoms with E-state index in [9.17, 15) is 22.4 Å². The van der Waals surface area contributed by atoms with Gasteiger partial charge in [-0.05, 0) is 56.3 Å². The highest BCUT2D eigenvalue weighted by Crippen LogP contribution is 2.33. The van der Waals surface area contributed by atoms with Crippen LogP contribution in [0.25, 0.3) is 17.1 Å². The van der Waals surface area contributed by atoms with Crippen molar-refractivity contribution in [3.8, 4) is 17.1 Å². The molecular formula is C21H15F4N5O2. The van der Waals surface area contributed by atoms with Crippen LogP contribution in [0.3, 0.4) is 0 Å². The fourth-order valence-electron chi connectivity index (χ4n) is 2.97. The molecule has 164 valence electrons. The molecule has 1 amide bonds. The SMILES string of the molecule is Cc1nc(-c2cccc(NC(=O)c3nnn(-c4ccc(F)cc4)c3C(F)(F)F)c2)oc1C. The van der Waals surface area contributed by atoms with Crippen molar-refractivity contribution in [2.45, 2.75) is 20.0 Å². The van der Waals surface area contributed by atoms with Gasteiger partial charge in [-0.1, -0.05) is 11.3 Å². The first-order valence-electron chi connectivity index (χ1n) is 9.28. The summed E-state index contributed by atoms with van der Waals surface area (Å²) in [5, 5.41) is 9.28. The largest absolute Gasteiger partial charge is 0.441 e. The summed E-state index contributed by atoms with van der Waals surface area (Å²) in [5.74, 6) is -0.796. The van der Waals surface area contributed by atoms with E-state index >= 15 is 0 Å². The van der Waals surface area contributed by atoms with Crippen LogP contribution in [0, 0.1) is 19.7 Å². The molecule has 4 aromatic rings. The summed E-state index contributed by atoms with van der Waals surface area (Å²) in [4.78, 5) is 16.9. The minimum Gasteiger partial charge on any atom is -0.441 e. The molecule has 0 saturated heterocycles. The van der Waals surface area contributed by atoms with Gasteiger partial charge in [0.1, 0.15) is 11.6 Å². The predicted molar refractivity (Wildman–Crippen MR) is 106 cm³/mol. The third-order valence-electron chi connectivity index (χ3n) is 4.62. The fraction of sp³-hybridized carbons (Fsp3) is 0.143. The molecule has 0 bridgehead atoms. The van der Waals surface area contributed by atoms with Crippen LogP contribution in [0.2, 0.25) is 0 Å². The standard InChI is InChI=1S/C21H15F4N5O2/c1-11-12(2)32-20(26-11)13-4-3-5-15(10-13)27-19(31)17-18(21(23,24)25)30(29-28-17)16-8-6-14(22)7-9-16/h3-10H,1-2H3,(H,27,31). The molecule has 0 fully saturated rings. The van der Waals surface area contributed by atoms with Gasteiger partial charge in [0.15, 0.2) is 11.4 Å². The van der Waals surface area contributed by atoms with E-state index in [0.717, 1.165) is 24.3 Å². The number of oxazole rings is 1. The number of nitrogens with one attached hydrogen (secondary N) is 1. The van der Waals surface area contributed by atoms with Crippen LogP contribution in [0.1, 0.15) is 27.6 Å². The maximum Gasteiger partial charge on any atom is 0.435 e. The molecule has 2 heterocycles. The van der Waals surface area contributed by atoms with E-state index in [1.807, 2.05) is 0 Å². The number of carbonyl (C=O) groups is 1. The maximum absolute atomic E-state index is 13.8. The van der Waals surface area contributed by atoms with E-state index in [4.69, 9.17) is 4.42 Å². The molecule has 0 aliphatic heterocycles. The van der Waals surface area contributed by atoms with Gasteiger partial charge in [-0.15, -0.1) is 5.10 Å². The van der Waals surface area contributed by atoms with Crippen molar-refractivity contribution in [2.75, 3.05) is 5.32 Å². The van der Waals surface area contributed by atoms with Crippen LogP contribution in [0.5, 0.6) is 0 Å². The lowest BCUT2D eigenvalue weighted by atomic mass is 10.2. The number of nitrogens with zero attached hydrogens (tertiary/aromatic N) is 4. The monoisotopic (exact) mass is 445 g/mol. The number of benzene rings is 2. The van der Waals surface area contributed by atoms with Gasteiger partial charge in [-0.3, -0.25) is 4.79 Å². The molecule has 11 heteroatoms. The zero-order valence-corrected chi connectivity index (χ0v) is 16.7. The number of hydrogen-bond donors (Lipinski definition) is 1. The Morgan fingerprint density at radius 2 is 1.81 bits per heavy atom. The number of hydrogen-bond acceptors (Lipinski definition) is 5. The molecule has 7 nitrogen and oxygen atoms in total. The quantitative estimate of drug-likeness (QED) is 0.450. The second kappa shape index (κ2) is 7.91. The molecule has 2 aromatic carbocycles. The number of alkyl halides is 3. The Balaban J connectivity index is 1.67. The first-order chi connectivity index (χ1) is 15.1. The average Bonchev–Trinajstić information content (AvgIpc) is 3.33. The highest BCUT2D eigenvalue weighted by atomic mass is 19.4. The van der Waals surface area contributed by atoms with Crippen LogP contribution >= 0.6 is 0 Å². The number of carbonyl (C=O) groups excluding carboxylic acids is 1. The van der Waals surface area contributed by atoms with Crippen LogP contribution in [0.4, 0.5) is 23.2 Å². The lowest BCUT2D eigenvalue weighted by Crippen LogP contribution is -2.21. The minimum atomic E-state index is -4.94. The van der Waals surface area contributed by atoms with Crippen molar-refractivity contribution in [1.82, 2.24) is 20.0 Å². The third kappa shape index (κ3) is 4.09. The van der Waals surface area contributed by atoms with E-state index in [-0.39, 0.29) is 11.4 Å². The summed E-state index contributed by atoms with van der Waals surface area (Å²) < 4.78 is 60.4. The summed E-state index contributed by atoms with van der Waals surface area (Å²) >= 11 is 0. The average molecular weight is 445 g/mol. The van der Waals surface area contributed by atoms with E-state index in [1.165, 1.54) is 12.1 Å². The second-order valence-electron chi connectivity index (χ2n) is 6.87. The molecule has 0 atom stereocenters. The van der Waals surface area contributed by atoms with E-state index in [2.05, 4.69) is 20.6 Å². The molecule has 0 saturated carbocycles. The van der Waals surface area contributed by atoms with Crippen molar-refractivity contribution in [3.63, 3.8) is 0 Å². The van der Waals surface area contributed by atoms with E-state index in [0.29, 0.717) is 27.6 Å². The normalized spacial score (nSPS) is 11.6. The number of rotatable bonds is 4. The predicted octanol–water partition coefficient (Wildman–Crippen LogP) is 4.95. The van der Waals surface area contributed by atoms with Crippen LogP contribution in [-0.4, -0.2) is 25.9 Å². The van der Waals surface area contributed by atoms with Crippen molar-refractivity contribution in [1.29, 1.82) is 0 Å². The van der Waals surface area contributed by atoms with Crippen molar-refractivity contribution in [2.24, 2.45) is 0 Å². The van der Waals surface area contributed by atoms with E-state index < -0.39 is 29.3 Å². The summed E-state index contributed by atoms with van der Waals surface area (Å²) in [6.07, 6.45) is -4.94. The van der Waals surface area contributed by atoms with Gasteiger partial charge in [0.25, 0.3) is 5.91 Å².